The van der Waals surface area contributed by atoms with Gasteiger partial charge in [-0.2, -0.15) is 5.10 Å². The molecule has 3 aromatic rings. The highest BCUT2D eigenvalue weighted by Gasteiger charge is 2.14. The molecule has 0 unspecified atom stereocenters. The average Bonchev–Trinajstić information content (AvgIpc) is 3.13. The molecule has 5 nitrogen and oxygen atoms in total. The van der Waals surface area contributed by atoms with E-state index in [1.54, 1.807) is 29.2 Å². The van der Waals surface area contributed by atoms with Gasteiger partial charge in [0.15, 0.2) is 0 Å². The second kappa shape index (κ2) is 7.68. The van der Waals surface area contributed by atoms with Crippen LogP contribution < -0.4 is 5.32 Å². The van der Waals surface area contributed by atoms with Crippen LogP contribution in [0.2, 0.25) is 10.0 Å². The van der Waals surface area contributed by atoms with Crippen molar-refractivity contribution >= 4 is 29.1 Å². The predicted octanol–water partition coefficient (Wildman–Crippen LogP) is 3.99. The molecule has 1 amide bonds. The summed E-state index contributed by atoms with van der Waals surface area (Å²) in [5.74, 6) is -0.136. The number of nitrogens with one attached hydrogen (secondary N) is 1. The Morgan fingerprint density at radius 2 is 1.84 bits per heavy atom. The van der Waals surface area contributed by atoms with Gasteiger partial charge in [-0.05, 0) is 42.3 Å². The Bertz CT molecular complexity index is 843. The number of hydrogen-bond acceptors (Lipinski definition) is 3. The van der Waals surface area contributed by atoms with Gasteiger partial charge >= 0.3 is 0 Å². The molecule has 0 aliphatic carbocycles. The van der Waals surface area contributed by atoms with Crippen molar-refractivity contribution in [3.63, 3.8) is 0 Å². The maximum absolute atomic E-state index is 12.3. The molecule has 1 N–H and O–H groups in total. The molecule has 0 saturated carbocycles. The average molecular weight is 375 g/mol. The molecular weight excluding hydrogens is 359 g/mol. The van der Waals surface area contributed by atoms with Crippen molar-refractivity contribution in [1.82, 2.24) is 20.1 Å². The fourth-order valence-corrected chi connectivity index (χ4v) is 3.03. The van der Waals surface area contributed by atoms with E-state index in [9.17, 15) is 4.79 Å². The quantitative estimate of drug-likeness (QED) is 0.734. The van der Waals surface area contributed by atoms with E-state index in [1.165, 1.54) is 6.33 Å². The van der Waals surface area contributed by atoms with Gasteiger partial charge in [0.2, 0.25) is 5.91 Å². The zero-order valence-electron chi connectivity index (χ0n) is 13.5. The number of aromatic nitrogens is 3. The van der Waals surface area contributed by atoms with Crippen LogP contribution in [0.4, 0.5) is 0 Å². The summed E-state index contributed by atoms with van der Waals surface area (Å²) in [6, 6.07) is 12.8. The van der Waals surface area contributed by atoms with Crippen molar-refractivity contribution in [2.24, 2.45) is 0 Å². The van der Waals surface area contributed by atoms with E-state index in [2.05, 4.69) is 15.4 Å². The monoisotopic (exact) mass is 374 g/mol. The van der Waals surface area contributed by atoms with Crippen molar-refractivity contribution in [3.8, 4) is 5.69 Å². The van der Waals surface area contributed by atoms with Crippen LogP contribution in [0.25, 0.3) is 5.69 Å². The molecule has 0 bridgehead atoms. The molecule has 2 aromatic carbocycles. The lowest BCUT2D eigenvalue weighted by Crippen LogP contribution is -2.28. The third-order valence-electron chi connectivity index (χ3n) is 3.85. The van der Waals surface area contributed by atoms with Crippen LogP contribution in [0, 0.1) is 0 Å². The van der Waals surface area contributed by atoms with E-state index >= 15 is 0 Å². The minimum absolute atomic E-state index is 0.136. The van der Waals surface area contributed by atoms with Crippen LogP contribution >= 0.6 is 23.2 Å². The molecule has 25 heavy (non-hydrogen) atoms. The molecular formula is C18H16Cl2N4O. The van der Waals surface area contributed by atoms with E-state index < -0.39 is 0 Å². The lowest BCUT2D eigenvalue weighted by molar-refractivity contribution is -0.121. The molecule has 0 aliphatic rings. The summed E-state index contributed by atoms with van der Waals surface area (Å²) in [5, 5.41) is 8.03. The molecule has 0 fully saturated rings. The fourth-order valence-electron chi connectivity index (χ4n) is 2.49. The first-order valence-corrected chi connectivity index (χ1v) is 8.47. The van der Waals surface area contributed by atoms with Gasteiger partial charge < -0.3 is 5.32 Å². The minimum Gasteiger partial charge on any atom is -0.349 e. The van der Waals surface area contributed by atoms with Crippen LogP contribution in [0.5, 0.6) is 0 Å². The van der Waals surface area contributed by atoms with E-state index in [4.69, 9.17) is 23.2 Å². The van der Waals surface area contributed by atoms with Gasteiger partial charge in [-0.3, -0.25) is 4.79 Å². The smallest absolute Gasteiger partial charge is 0.225 e. The summed E-state index contributed by atoms with van der Waals surface area (Å²) in [6.07, 6.45) is 3.25. The van der Waals surface area contributed by atoms with Gasteiger partial charge in [-0.25, -0.2) is 9.67 Å². The van der Waals surface area contributed by atoms with Gasteiger partial charge in [0, 0.05) is 10.0 Å². The molecule has 0 radical (unpaired) electrons. The summed E-state index contributed by atoms with van der Waals surface area (Å²) < 4.78 is 1.67. The van der Waals surface area contributed by atoms with Crippen LogP contribution in [-0.2, 0) is 11.2 Å². The van der Waals surface area contributed by atoms with E-state index in [-0.39, 0.29) is 18.4 Å². The van der Waals surface area contributed by atoms with Crippen molar-refractivity contribution < 1.29 is 4.79 Å². The van der Waals surface area contributed by atoms with Crippen molar-refractivity contribution in [2.75, 3.05) is 0 Å². The van der Waals surface area contributed by atoms with Gasteiger partial charge in [0.05, 0.1) is 18.2 Å². The summed E-state index contributed by atoms with van der Waals surface area (Å²) in [6.45, 7) is 1.93. The summed E-state index contributed by atoms with van der Waals surface area (Å²) in [4.78, 5) is 16.2. The number of halogens is 2. The van der Waals surface area contributed by atoms with Gasteiger partial charge in [0.1, 0.15) is 12.7 Å². The Balaban J connectivity index is 1.65. The standard InChI is InChI=1S/C18H16Cl2N4O/c1-12(13-5-7-14(8-6-13)24-11-21-10-22-24)23-18(25)9-15-16(19)3-2-4-17(15)20/h2-8,10-12H,9H2,1H3,(H,23,25)/t12-/m0/s1. The zero-order valence-corrected chi connectivity index (χ0v) is 15.0. The number of hydrogen-bond donors (Lipinski definition) is 1. The molecule has 1 atom stereocenters. The van der Waals surface area contributed by atoms with Crippen LogP contribution in [0.3, 0.4) is 0 Å². The normalized spacial score (nSPS) is 12.0. The number of rotatable bonds is 5. The summed E-state index contributed by atoms with van der Waals surface area (Å²) in [5.41, 5.74) is 2.53. The number of amides is 1. The Morgan fingerprint density at radius 3 is 2.44 bits per heavy atom. The second-order valence-corrected chi connectivity index (χ2v) is 6.41. The maximum Gasteiger partial charge on any atom is 0.225 e. The Morgan fingerprint density at radius 1 is 1.16 bits per heavy atom. The highest BCUT2D eigenvalue weighted by atomic mass is 35.5. The Hall–Kier alpha value is -2.37. The van der Waals surface area contributed by atoms with Crippen molar-refractivity contribution in [1.29, 1.82) is 0 Å². The largest absolute Gasteiger partial charge is 0.349 e. The third kappa shape index (κ3) is 4.18. The molecule has 0 aliphatic heterocycles. The predicted molar refractivity (Wildman–Crippen MR) is 98.1 cm³/mol. The topological polar surface area (TPSA) is 59.8 Å². The minimum atomic E-state index is -0.140. The fraction of sp³-hybridized carbons (Fsp3) is 0.167. The lowest BCUT2D eigenvalue weighted by atomic mass is 10.1. The van der Waals surface area contributed by atoms with Crippen LogP contribution in [0.1, 0.15) is 24.1 Å². The highest BCUT2D eigenvalue weighted by Crippen LogP contribution is 2.25. The molecule has 0 saturated heterocycles. The van der Waals surface area contributed by atoms with Crippen molar-refractivity contribution in [3.05, 3.63) is 76.3 Å². The molecule has 1 heterocycles. The van der Waals surface area contributed by atoms with Gasteiger partial charge in [-0.1, -0.05) is 41.4 Å². The first-order valence-electron chi connectivity index (χ1n) is 7.72. The lowest BCUT2D eigenvalue weighted by Gasteiger charge is -2.15. The van der Waals surface area contributed by atoms with Crippen molar-refractivity contribution in [2.45, 2.75) is 19.4 Å². The number of benzene rings is 2. The summed E-state index contributed by atoms with van der Waals surface area (Å²) >= 11 is 12.2. The van der Waals surface area contributed by atoms with Crippen LogP contribution in [0.15, 0.2) is 55.1 Å². The summed E-state index contributed by atoms with van der Waals surface area (Å²) in [7, 11) is 0. The highest BCUT2D eigenvalue weighted by molar-refractivity contribution is 6.36. The SMILES string of the molecule is C[C@H](NC(=O)Cc1c(Cl)cccc1Cl)c1ccc(-n2cncn2)cc1. The molecule has 0 spiro atoms. The molecule has 128 valence electrons. The van der Waals surface area contributed by atoms with E-state index in [1.807, 2.05) is 31.2 Å². The Labute approximate surface area is 155 Å². The first kappa shape index (κ1) is 17.5. The van der Waals surface area contributed by atoms with Crippen LogP contribution in [-0.4, -0.2) is 20.7 Å². The van der Waals surface area contributed by atoms with Gasteiger partial charge in [0.25, 0.3) is 0 Å². The number of carbonyl (C=O) groups excluding carboxylic acids is 1. The zero-order chi connectivity index (χ0) is 17.8. The maximum atomic E-state index is 12.3. The van der Waals surface area contributed by atoms with E-state index in [0.717, 1.165) is 11.3 Å². The first-order chi connectivity index (χ1) is 12.0. The number of carbonyl (C=O) groups is 1. The molecule has 1 aromatic heterocycles. The number of nitrogens with zero attached hydrogens (tertiary/aromatic N) is 3. The van der Waals surface area contributed by atoms with E-state index in [0.29, 0.717) is 15.6 Å². The molecule has 3 rings (SSSR count). The second-order valence-electron chi connectivity index (χ2n) is 5.60. The Kier molecular flexibility index (Phi) is 5.36. The molecule has 7 heteroatoms. The third-order valence-corrected chi connectivity index (χ3v) is 4.56. The van der Waals surface area contributed by atoms with Gasteiger partial charge in [-0.15, -0.1) is 0 Å².